The lowest BCUT2D eigenvalue weighted by molar-refractivity contribution is 0.0267. The van der Waals surface area contributed by atoms with Gasteiger partial charge in [0.15, 0.2) is 0 Å². The van der Waals surface area contributed by atoms with Gasteiger partial charge in [0, 0.05) is 12.1 Å². The lowest BCUT2D eigenvalue weighted by Gasteiger charge is -2.31. The van der Waals surface area contributed by atoms with Gasteiger partial charge in [-0.15, -0.1) is 0 Å². The van der Waals surface area contributed by atoms with Gasteiger partial charge in [-0.1, -0.05) is 46.0 Å². The van der Waals surface area contributed by atoms with Crippen LogP contribution in [-0.4, -0.2) is 36.5 Å². The van der Waals surface area contributed by atoms with Crippen molar-refractivity contribution < 1.29 is 9.84 Å². The Hall–Kier alpha value is -0.120. The van der Waals surface area contributed by atoms with E-state index in [9.17, 15) is 5.11 Å². The van der Waals surface area contributed by atoms with Crippen molar-refractivity contribution in [1.82, 2.24) is 5.32 Å². The Balaban J connectivity index is 3.60. The van der Waals surface area contributed by atoms with E-state index in [4.69, 9.17) is 4.74 Å². The molecule has 0 aromatic carbocycles. The van der Waals surface area contributed by atoms with Crippen LogP contribution in [0.4, 0.5) is 0 Å². The lowest BCUT2D eigenvalue weighted by Crippen LogP contribution is -2.48. The topological polar surface area (TPSA) is 41.5 Å². The minimum Gasteiger partial charge on any atom is -0.394 e. The standard InChI is InChI=1S/C16H35NO2/c1-5-7-8-9-10-11-12-19-15(3)13-16(4,14-18)17-6-2/h15,17-18H,5-14H2,1-4H3. The first-order valence-electron chi connectivity index (χ1n) is 8.05. The van der Waals surface area contributed by atoms with E-state index in [-0.39, 0.29) is 18.2 Å². The van der Waals surface area contributed by atoms with Gasteiger partial charge in [-0.3, -0.25) is 0 Å². The summed E-state index contributed by atoms with van der Waals surface area (Å²) in [7, 11) is 0. The summed E-state index contributed by atoms with van der Waals surface area (Å²) in [5.41, 5.74) is -0.213. The van der Waals surface area contributed by atoms with Gasteiger partial charge in [-0.25, -0.2) is 0 Å². The predicted octanol–water partition coefficient (Wildman–Crippen LogP) is 3.50. The molecule has 0 saturated carbocycles. The van der Waals surface area contributed by atoms with E-state index in [0.29, 0.717) is 0 Å². The smallest absolute Gasteiger partial charge is 0.0611 e. The molecule has 19 heavy (non-hydrogen) atoms. The summed E-state index contributed by atoms with van der Waals surface area (Å²) in [6.07, 6.45) is 8.83. The Morgan fingerprint density at radius 1 is 1.11 bits per heavy atom. The summed E-state index contributed by atoms with van der Waals surface area (Å²) < 4.78 is 5.84. The largest absolute Gasteiger partial charge is 0.394 e. The van der Waals surface area contributed by atoms with Crippen LogP contribution in [0.5, 0.6) is 0 Å². The molecule has 116 valence electrons. The molecular formula is C16H35NO2. The third-order valence-corrected chi connectivity index (χ3v) is 3.59. The number of nitrogens with one attached hydrogen (secondary N) is 1. The second kappa shape index (κ2) is 11.7. The second-order valence-corrected chi connectivity index (χ2v) is 5.90. The van der Waals surface area contributed by atoms with Crippen molar-refractivity contribution in [2.45, 2.75) is 84.3 Å². The van der Waals surface area contributed by atoms with Crippen molar-refractivity contribution in [3.05, 3.63) is 0 Å². The van der Waals surface area contributed by atoms with Crippen LogP contribution in [0.1, 0.15) is 72.6 Å². The highest BCUT2D eigenvalue weighted by Crippen LogP contribution is 2.14. The van der Waals surface area contributed by atoms with E-state index < -0.39 is 0 Å². The fraction of sp³-hybridized carbons (Fsp3) is 1.00. The van der Waals surface area contributed by atoms with E-state index in [0.717, 1.165) is 26.0 Å². The Labute approximate surface area is 120 Å². The van der Waals surface area contributed by atoms with Gasteiger partial charge >= 0.3 is 0 Å². The number of rotatable bonds is 13. The van der Waals surface area contributed by atoms with Gasteiger partial charge in [0.05, 0.1) is 12.7 Å². The molecule has 0 heterocycles. The monoisotopic (exact) mass is 273 g/mol. The van der Waals surface area contributed by atoms with Crippen LogP contribution in [-0.2, 0) is 4.74 Å². The molecular weight excluding hydrogens is 238 g/mol. The average molecular weight is 273 g/mol. The van der Waals surface area contributed by atoms with Crippen molar-refractivity contribution in [2.75, 3.05) is 19.8 Å². The SMILES string of the molecule is CCCCCCCCOC(C)CC(C)(CO)NCC. The van der Waals surface area contributed by atoms with Gasteiger partial charge in [-0.2, -0.15) is 0 Å². The van der Waals surface area contributed by atoms with E-state index in [2.05, 4.69) is 33.0 Å². The van der Waals surface area contributed by atoms with E-state index >= 15 is 0 Å². The Morgan fingerprint density at radius 2 is 1.74 bits per heavy atom. The average Bonchev–Trinajstić information content (AvgIpc) is 2.38. The van der Waals surface area contributed by atoms with Crippen LogP contribution in [0.3, 0.4) is 0 Å². The quantitative estimate of drug-likeness (QED) is 0.505. The highest BCUT2D eigenvalue weighted by atomic mass is 16.5. The van der Waals surface area contributed by atoms with Crippen LogP contribution < -0.4 is 5.32 Å². The lowest BCUT2D eigenvalue weighted by atomic mass is 9.96. The molecule has 3 heteroatoms. The highest BCUT2D eigenvalue weighted by Gasteiger charge is 2.24. The zero-order valence-corrected chi connectivity index (χ0v) is 13.5. The number of aliphatic hydroxyl groups excluding tert-OH is 1. The van der Waals surface area contributed by atoms with Crippen LogP contribution in [0.25, 0.3) is 0 Å². The molecule has 0 aliphatic carbocycles. The fourth-order valence-corrected chi connectivity index (χ4v) is 2.48. The summed E-state index contributed by atoms with van der Waals surface area (Å²) in [5.74, 6) is 0. The number of aliphatic hydroxyl groups is 1. The van der Waals surface area contributed by atoms with Crippen molar-refractivity contribution in [3.8, 4) is 0 Å². The number of likely N-dealkylation sites (N-methyl/N-ethyl adjacent to an activating group) is 1. The fourth-order valence-electron chi connectivity index (χ4n) is 2.48. The zero-order chi connectivity index (χ0) is 14.6. The van der Waals surface area contributed by atoms with E-state index in [1.165, 1.54) is 32.1 Å². The molecule has 2 N–H and O–H groups in total. The van der Waals surface area contributed by atoms with Gasteiger partial charge in [0.2, 0.25) is 0 Å². The molecule has 0 rings (SSSR count). The molecule has 0 aromatic rings. The van der Waals surface area contributed by atoms with Gasteiger partial charge in [-0.05, 0) is 33.2 Å². The van der Waals surface area contributed by atoms with Crippen LogP contribution in [0, 0.1) is 0 Å². The number of hydrogen-bond donors (Lipinski definition) is 2. The summed E-state index contributed by atoms with van der Waals surface area (Å²) in [6, 6.07) is 0. The Kier molecular flexibility index (Phi) is 11.6. The first kappa shape index (κ1) is 18.9. The molecule has 0 spiro atoms. The Morgan fingerprint density at radius 3 is 2.32 bits per heavy atom. The molecule has 3 nitrogen and oxygen atoms in total. The minimum absolute atomic E-state index is 0.158. The maximum Gasteiger partial charge on any atom is 0.0611 e. The molecule has 0 amide bonds. The molecule has 2 unspecified atom stereocenters. The maximum absolute atomic E-state index is 9.44. The van der Waals surface area contributed by atoms with Gasteiger partial charge < -0.3 is 15.2 Å². The number of hydrogen-bond acceptors (Lipinski definition) is 3. The third-order valence-electron chi connectivity index (χ3n) is 3.59. The first-order chi connectivity index (χ1) is 9.08. The first-order valence-corrected chi connectivity index (χ1v) is 8.05. The summed E-state index contributed by atoms with van der Waals surface area (Å²) in [6.45, 7) is 10.3. The second-order valence-electron chi connectivity index (χ2n) is 5.90. The molecule has 0 aromatic heterocycles. The third kappa shape index (κ3) is 10.3. The molecule has 0 radical (unpaired) electrons. The van der Waals surface area contributed by atoms with E-state index in [1.807, 2.05) is 0 Å². The normalized spacial score (nSPS) is 16.3. The van der Waals surface area contributed by atoms with Crippen molar-refractivity contribution in [1.29, 1.82) is 0 Å². The Bertz CT molecular complexity index is 199. The minimum atomic E-state index is -0.213. The number of unbranched alkanes of at least 4 members (excludes halogenated alkanes) is 5. The van der Waals surface area contributed by atoms with Gasteiger partial charge in [0.1, 0.15) is 0 Å². The summed E-state index contributed by atoms with van der Waals surface area (Å²) >= 11 is 0. The summed E-state index contributed by atoms with van der Waals surface area (Å²) in [4.78, 5) is 0. The maximum atomic E-state index is 9.44. The van der Waals surface area contributed by atoms with Crippen molar-refractivity contribution in [2.24, 2.45) is 0 Å². The molecule has 0 bridgehead atoms. The van der Waals surface area contributed by atoms with Crippen LogP contribution in [0.2, 0.25) is 0 Å². The van der Waals surface area contributed by atoms with Crippen LogP contribution in [0.15, 0.2) is 0 Å². The zero-order valence-electron chi connectivity index (χ0n) is 13.5. The molecule has 0 saturated heterocycles. The van der Waals surface area contributed by atoms with Gasteiger partial charge in [0.25, 0.3) is 0 Å². The predicted molar refractivity (Wildman–Crippen MR) is 82.6 cm³/mol. The van der Waals surface area contributed by atoms with Crippen molar-refractivity contribution in [3.63, 3.8) is 0 Å². The summed E-state index contributed by atoms with van der Waals surface area (Å²) in [5, 5.41) is 12.8. The molecule has 0 fully saturated rings. The molecule has 2 atom stereocenters. The molecule has 0 aliphatic heterocycles. The number of ether oxygens (including phenoxy) is 1. The van der Waals surface area contributed by atoms with Crippen molar-refractivity contribution >= 4 is 0 Å². The van der Waals surface area contributed by atoms with E-state index in [1.54, 1.807) is 0 Å². The highest BCUT2D eigenvalue weighted by molar-refractivity contribution is 4.83. The van der Waals surface area contributed by atoms with Crippen LogP contribution >= 0.6 is 0 Å². The molecule has 0 aliphatic rings.